The molecule has 1 N–H and O–H groups in total. The molecular weight excluding hydrogens is 258 g/mol. The molecule has 21 heavy (non-hydrogen) atoms. The van der Waals surface area contributed by atoms with Crippen molar-refractivity contribution in [3.8, 4) is 0 Å². The molecule has 1 aromatic heterocycles. The minimum Gasteiger partial charge on any atom is -0.312 e. The van der Waals surface area contributed by atoms with Crippen LogP contribution in [0.4, 0.5) is 0 Å². The molecule has 1 aromatic carbocycles. The normalized spacial score (nSPS) is 11.2. The average molecular weight is 285 g/mol. The van der Waals surface area contributed by atoms with Gasteiger partial charge in [0.05, 0.1) is 5.69 Å². The molecule has 0 aliphatic rings. The molecule has 0 aliphatic carbocycles. The number of aromatic nitrogens is 2. The van der Waals surface area contributed by atoms with Gasteiger partial charge in [-0.1, -0.05) is 44.2 Å². The van der Waals surface area contributed by atoms with Crippen LogP contribution in [-0.2, 0) is 19.5 Å². The van der Waals surface area contributed by atoms with E-state index in [2.05, 4.69) is 72.4 Å². The molecular formula is C18H27N3. The fourth-order valence-corrected chi connectivity index (χ4v) is 2.43. The Kier molecular flexibility index (Phi) is 6.00. The highest BCUT2D eigenvalue weighted by atomic mass is 15.3. The molecule has 0 saturated heterocycles. The summed E-state index contributed by atoms with van der Waals surface area (Å²) in [6.45, 7) is 9.51. The number of nitrogens with one attached hydrogen (secondary N) is 1. The number of rotatable bonds is 8. The molecule has 0 fully saturated rings. The lowest BCUT2D eigenvalue weighted by atomic mass is 10.1. The molecule has 0 saturated carbocycles. The van der Waals surface area contributed by atoms with E-state index in [4.69, 9.17) is 0 Å². The van der Waals surface area contributed by atoms with Gasteiger partial charge in [0.1, 0.15) is 0 Å². The van der Waals surface area contributed by atoms with Crippen molar-refractivity contribution in [3.63, 3.8) is 0 Å². The monoisotopic (exact) mass is 285 g/mol. The highest BCUT2D eigenvalue weighted by Gasteiger charge is 2.05. The topological polar surface area (TPSA) is 29.9 Å². The second-order valence-electron chi connectivity index (χ2n) is 6.12. The van der Waals surface area contributed by atoms with Crippen molar-refractivity contribution in [2.24, 2.45) is 5.92 Å². The zero-order valence-corrected chi connectivity index (χ0v) is 13.5. The molecule has 0 unspecified atom stereocenters. The summed E-state index contributed by atoms with van der Waals surface area (Å²) < 4.78 is 2.09. The molecule has 2 rings (SSSR count). The molecule has 3 nitrogen and oxygen atoms in total. The van der Waals surface area contributed by atoms with Crippen molar-refractivity contribution in [1.29, 1.82) is 0 Å². The van der Waals surface area contributed by atoms with E-state index in [9.17, 15) is 0 Å². The summed E-state index contributed by atoms with van der Waals surface area (Å²) in [6.07, 6.45) is 4.43. The third-order valence-electron chi connectivity index (χ3n) is 3.61. The van der Waals surface area contributed by atoms with E-state index in [1.165, 1.54) is 11.1 Å². The van der Waals surface area contributed by atoms with E-state index in [1.807, 2.05) is 0 Å². The van der Waals surface area contributed by atoms with Gasteiger partial charge < -0.3 is 5.32 Å². The first-order valence-corrected chi connectivity index (χ1v) is 7.92. The molecule has 0 aliphatic heterocycles. The molecule has 114 valence electrons. The van der Waals surface area contributed by atoms with E-state index >= 15 is 0 Å². The molecule has 2 aromatic rings. The quantitative estimate of drug-likeness (QED) is 0.803. The van der Waals surface area contributed by atoms with E-state index in [1.54, 1.807) is 0 Å². The Labute approximate surface area is 128 Å². The van der Waals surface area contributed by atoms with Crippen LogP contribution in [-0.4, -0.2) is 16.3 Å². The summed E-state index contributed by atoms with van der Waals surface area (Å²) in [5.41, 5.74) is 3.86. The predicted octanol–water partition coefficient (Wildman–Crippen LogP) is 3.57. The first kappa shape index (κ1) is 15.8. The van der Waals surface area contributed by atoms with E-state index < -0.39 is 0 Å². The molecule has 0 bridgehead atoms. The summed E-state index contributed by atoms with van der Waals surface area (Å²) in [5, 5.41) is 8.10. The van der Waals surface area contributed by atoms with Gasteiger partial charge in [-0.15, -0.1) is 0 Å². The molecule has 0 atom stereocenters. The van der Waals surface area contributed by atoms with Crippen LogP contribution in [0.25, 0.3) is 0 Å². The Hall–Kier alpha value is -1.61. The second kappa shape index (κ2) is 7.99. The average Bonchev–Trinajstić information content (AvgIpc) is 2.80. The number of hydrogen-bond donors (Lipinski definition) is 1. The van der Waals surface area contributed by atoms with Gasteiger partial charge in [0.25, 0.3) is 0 Å². The minimum absolute atomic E-state index is 0.686. The van der Waals surface area contributed by atoms with Gasteiger partial charge in [-0.25, -0.2) is 0 Å². The number of nitrogens with zero attached hydrogens (tertiary/aromatic N) is 2. The summed E-state index contributed by atoms with van der Waals surface area (Å²) in [4.78, 5) is 0. The SMILES string of the molecule is Cc1nn(CCCc2ccccc2)cc1CNCC(C)C. The summed E-state index contributed by atoms with van der Waals surface area (Å²) in [5.74, 6) is 0.686. The van der Waals surface area contributed by atoms with Crippen LogP contribution < -0.4 is 5.32 Å². The highest BCUT2D eigenvalue weighted by molar-refractivity contribution is 5.16. The van der Waals surface area contributed by atoms with E-state index in [0.717, 1.165) is 38.2 Å². The minimum atomic E-state index is 0.686. The Morgan fingerprint density at radius 3 is 2.67 bits per heavy atom. The maximum atomic E-state index is 4.62. The van der Waals surface area contributed by atoms with Gasteiger partial charge in [0.2, 0.25) is 0 Å². The Morgan fingerprint density at radius 1 is 1.19 bits per heavy atom. The third kappa shape index (κ3) is 5.35. The van der Waals surface area contributed by atoms with Gasteiger partial charge in [0, 0.05) is 24.8 Å². The molecule has 3 heteroatoms. The van der Waals surface area contributed by atoms with Crippen molar-refractivity contribution in [2.45, 2.75) is 46.7 Å². The zero-order chi connectivity index (χ0) is 15.1. The molecule has 0 amide bonds. The van der Waals surface area contributed by atoms with E-state index in [0.29, 0.717) is 5.92 Å². The molecule has 1 heterocycles. The molecule has 0 spiro atoms. The second-order valence-corrected chi connectivity index (χ2v) is 6.12. The fourth-order valence-electron chi connectivity index (χ4n) is 2.43. The first-order chi connectivity index (χ1) is 10.1. The van der Waals surface area contributed by atoms with Gasteiger partial charge in [-0.05, 0) is 37.8 Å². The van der Waals surface area contributed by atoms with Crippen LogP contribution in [0, 0.1) is 12.8 Å². The number of benzene rings is 1. The van der Waals surface area contributed by atoms with Crippen molar-refractivity contribution >= 4 is 0 Å². The maximum absolute atomic E-state index is 4.62. The standard InChI is InChI=1S/C18H27N3/c1-15(2)12-19-13-18-14-21(20-16(18)3)11-7-10-17-8-5-4-6-9-17/h4-6,8-9,14-15,19H,7,10-13H2,1-3H3. The van der Waals surface area contributed by atoms with Crippen molar-refractivity contribution in [1.82, 2.24) is 15.1 Å². The largest absolute Gasteiger partial charge is 0.312 e. The fraction of sp³-hybridized carbons (Fsp3) is 0.500. The van der Waals surface area contributed by atoms with E-state index in [-0.39, 0.29) is 0 Å². The van der Waals surface area contributed by atoms with Crippen LogP contribution in [0.2, 0.25) is 0 Å². The summed E-state index contributed by atoms with van der Waals surface area (Å²) >= 11 is 0. The lowest BCUT2D eigenvalue weighted by molar-refractivity contribution is 0.550. The Balaban J connectivity index is 1.79. The smallest absolute Gasteiger partial charge is 0.0638 e. The van der Waals surface area contributed by atoms with Crippen molar-refractivity contribution < 1.29 is 0 Å². The van der Waals surface area contributed by atoms with Crippen LogP contribution in [0.1, 0.15) is 37.1 Å². The number of hydrogen-bond acceptors (Lipinski definition) is 2. The zero-order valence-electron chi connectivity index (χ0n) is 13.5. The predicted molar refractivity (Wildman–Crippen MR) is 88.3 cm³/mol. The van der Waals surface area contributed by atoms with Gasteiger partial charge in [0.15, 0.2) is 0 Å². The van der Waals surface area contributed by atoms with Gasteiger partial charge >= 0.3 is 0 Å². The Bertz CT molecular complexity index is 529. The van der Waals surface area contributed by atoms with Crippen LogP contribution in [0.15, 0.2) is 36.5 Å². The lowest BCUT2D eigenvalue weighted by Crippen LogP contribution is -2.19. The van der Waals surface area contributed by atoms with Crippen molar-refractivity contribution in [3.05, 3.63) is 53.3 Å². The number of aryl methyl sites for hydroxylation is 3. The third-order valence-corrected chi connectivity index (χ3v) is 3.61. The van der Waals surface area contributed by atoms with Crippen LogP contribution in [0.5, 0.6) is 0 Å². The highest BCUT2D eigenvalue weighted by Crippen LogP contribution is 2.08. The van der Waals surface area contributed by atoms with Gasteiger partial charge in [-0.2, -0.15) is 5.10 Å². The first-order valence-electron chi connectivity index (χ1n) is 7.92. The summed E-state index contributed by atoms with van der Waals surface area (Å²) in [7, 11) is 0. The lowest BCUT2D eigenvalue weighted by Gasteiger charge is -2.06. The Morgan fingerprint density at radius 2 is 1.95 bits per heavy atom. The molecule has 0 radical (unpaired) electrons. The maximum Gasteiger partial charge on any atom is 0.0638 e. The van der Waals surface area contributed by atoms with Crippen LogP contribution in [0.3, 0.4) is 0 Å². The van der Waals surface area contributed by atoms with Crippen molar-refractivity contribution in [2.75, 3.05) is 6.54 Å². The van der Waals surface area contributed by atoms with Gasteiger partial charge in [-0.3, -0.25) is 4.68 Å². The van der Waals surface area contributed by atoms with Crippen LogP contribution >= 0.6 is 0 Å². The summed E-state index contributed by atoms with van der Waals surface area (Å²) in [6, 6.07) is 10.7.